The Bertz CT molecular complexity index is 145. The van der Waals surface area contributed by atoms with Crippen LogP contribution in [0.1, 0.15) is 38.5 Å². The molecule has 1 rings (SSSR count). The summed E-state index contributed by atoms with van der Waals surface area (Å²) in [6.45, 7) is 6.11. The van der Waals surface area contributed by atoms with Crippen molar-refractivity contribution in [2.24, 2.45) is 5.73 Å². The smallest absolute Gasteiger partial charge is 0.0431 e. The van der Waals surface area contributed by atoms with Crippen LogP contribution in [-0.2, 0) is 0 Å². The van der Waals surface area contributed by atoms with Crippen molar-refractivity contribution in [3.63, 3.8) is 0 Å². The molecule has 7 N–H and O–H groups in total. The van der Waals surface area contributed by atoms with E-state index in [1.165, 1.54) is 0 Å². The lowest BCUT2D eigenvalue weighted by atomic mass is 10.2. The third-order valence-electron chi connectivity index (χ3n) is 2.64. The Balaban J connectivity index is -0.000000241. The van der Waals surface area contributed by atoms with E-state index in [0.29, 0.717) is 6.61 Å². The van der Waals surface area contributed by atoms with Crippen LogP contribution in [0.2, 0.25) is 0 Å². The summed E-state index contributed by atoms with van der Waals surface area (Å²) >= 11 is 2.28. The topological polar surface area (TPSA) is 111 Å². The molecule has 0 aliphatic carbocycles. The molecular weight excluding hydrogens is 447 g/mol. The van der Waals surface area contributed by atoms with Gasteiger partial charge in [-0.25, -0.2) is 0 Å². The van der Waals surface area contributed by atoms with Crippen molar-refractivity contribution in [1.82, 2.24) is 10.6 Å². The number of hydrogen-bond acceptors (Lipinski definition) is 6. The highest BCUT2D eigenvalue weighted by molar-refractivity contribution is 14.2. The molecule has 0 amide bonds. The molecule has 1 aliphatic rings. The first kappa shape index (κ1) is 29.1. The van der Waals surface area contributed by atoms with Gasteiger partial charge >= 0.3 is 0 Å². The van der Waals surface area contributed by atoms with E-state index in [2.05, 4.69) is 41.6 Å². The quantitative estimate of drug-likeness (QED) is 0.175. The SMILES string of the molecule is C1CNCCN1.NCCCCCO.OCCCCCO.PPI. The van der Waals surface area contributed by atoms with Gasteiger partial charge in [-0.05, 0) is 51.0 Å². The summed E-state index contributed by atoms with van der Waals surface area (Å²) in [5.74, 6) is 0.970. The number of aliphatic hydroxyl groups excluding tert-OH is 3. The Morgan fingerprint density at radius 3 is 1.30 bits per heavy atom. The number of piperazine rings is 1. The maximum atomic E-state index is 8.25. The Hall–Kier alpha value is 1.35. The molecule has 0 radical (unpaired) electrons. The van der Waals surface area contributed by atoms with Gasteiger partial charge in [0.05, 0.1) is 0 Å². The van der Waals surface area contributed by atoms with Crippen molar-refractivity contribution in [2.75, 3.05) is 52.5 Å². The van der Waals surface area contributed by atoms with E-state index in [-0.39, 0.29) is 13.2 Å². The van der Waals surface area contributed by atoms with Crippen molar-refractivity contribution in [3.8, 4) is 0 Å². The Labute approximate surface area is 159 Å². The fourth-order valence-electron chi connectivity index (χ4n) is 1.44. The first-order chi connectivity index (χ1) is 11.2. The predicted octanol–water partition coefficient (Wildman–Crippen LogP) is 1.23. The largest absolute Gasteiger partial charge is 0.396 e. The summed E-state index contributed by atoms with van der Waals surface area (Å²) in [4.78, 5) is 0. The van der Waals surface area contributed by atoms with Crippen LogP contribution in [-0.4, -0.2) is 67.9 Å². The number of aliphatic hydroxyl groups is 3. The van der Waals surface area contributed by atoms with Gasteiger partial charge in [-0.2, -0.15) is 0 Å². The van der Waals surface area contributed by atoms with Crippen LogP contribution in [0.5, 0.6) is 0 Å². The van der Waals surface area contributed by atoms with Crippen LogP contribution < -0.4 is 16.4 Å². The summed E-state index contributed by atoms with van der Waals surface area (Å²) in [5.41, 5.74) is 5.19. The summed E-state index contributed by atoms with van der Waals surface area (Å²) in [6.07, 6.45) is 5.58. The number of nitrogens with one attached hydrogen (secondary N) is 2. The maximum absolute atomic E-state index is 8.25. The predicted molar refractivity (Wildman–Crippen MR) is 116 cm³/mol. The lowest BCUT2D eigenvalue weighted by molar-refractivity contribution is 0.257. The second-order valence-corrected chi connectivity index (χ2v) is 11.2. The fourth-order valence-corrected chi connectivity index (χ4v) is 1.44. The van der Waals surface area contributed by atoms with Crippen LogP contribution in [0, 0.1) is 0 Å². The minimum absolute atomic E-state index is 0.250. The molecule has 0 bridgehead atoms. The molecule has 0 aromatic heterocycles. The average Bonchev–Trinajstić information content (AvgIpc) is 2.59. The van der Waals surface area contributed by atoms with Crippen molar-refractivity contribution >= 4 is 36.9 Å². The van der Waals surface area contributed by atoms with Gasteiger partial charge in [-0.1, -0.05) is 22.0 Å². The molecule has 1 fully saturated rings. The molecule has 23 heavy (non-hydrogen) atoms. The van der Waals surface area contributed by atoms with Gasteiger partial charge in [-0.3, -0.25) is 0 Å². The Morgan fingerprint density at radius 1 is 0.783 bits per heavy atom. The molecule has 2 unspecified atom stereocenters. The highest BCUT2D eigenvalue weighted by Gasteiger charge is 1.91. The van der Waals surface area contributed by atoms with Crippen LogP contribution in [0.15, 0.2) is 0 Å². The molecule has 0 aromatic rings. The van der Waals surface area contributed by atoms with Crippen molar-refractivity contribution in [2.45, 2.75) is 38.5 Å². The minimum Gasteiger partial charge on any atom is -0.396 e. The number of rotatable bonds is 8. The van der Waals surface area contributed by atoms with Crippen molar-refractivity contribution < 1.29 is 15.3 Å². The zero-order valence-electron chi connectivity index (χ0n) is 14.3. The molecule has 2 atom stereocenters. The van der Waals surface area contributed by atoms with Crippen molar-refractivity contribution in [3.05, 3.63) is 0 Å². The van der Waals surface area contributed by atoms with Gasteiger partial charge < -0.3 is 31.7 Å². The molecule has 1 saturated heterocycles. The van der Waals surface area contributed by atoms with Gasteiger partial charge in [0, 0.05) is 46.0 Å². The van der Waals surface area contributed by atoms with E-state index in [1.54, 1.807) is 0 Å². The number of hydrogen-bond donors (Lipinski definition) is 6. The zero-order chi connectivity index (χ0) is 18.0. The highest BCUT2D eigenvalue weighted by Crippen LogP contribution is 2.28. The molecule has 144 valence electrons. The van der Waals surface area contributed by atoms with Gasteiger partial charge in [-0.15, -0.1) is 8.93 Å². The van der Waals surface area contributed by atoms with Crippen LogP contribution in [0.25, 0.3) is 0 Å². The summed E-state index contributed by atoms with van der Waals surface area (Å²) in [5, 5.41) is 31.1. The van der Waals surface area contributed by atoms with Gasteiger partial charge in [0.2, 0.25) is 0 Å². The average molecular weight is 485 g/mol. The lowest BCUT2D eigenvalue weighted by Gasteiger charge is -2.11. The second-order valence-electron chi connectivity index (χ2n) is 4.69. The molecule has 0 saturated carbocycles. The van der Waals surface area contributed by atoms with Crippen molar-refractivity contribution in [1.29, 1.82) is 0 Å². The Kier molecular flexibility index (Phi) is 43.9. The van der Waals surface area contributed by atoms with Gasteiger partial charge in [0.15, 0.2) is 0 Å². The van der Waals surface area contributed by atoms with E-state index >= 15 is 0 Å². The number of unbranched alkanes of at least 4 members (excludes halogenated alkanes) is 4. The van der Waals surface area contributed by atoms with Gasteiger partial charge in [0.25, 0.3) is 0 Å². The van der Waals surface area contributed by atoms with E-state index in [4.69, 9.17) is 21.1 Å². The highest BCUT2D eigenvalue weighted by atomic mass is 127. The molecule has 1 heterocycles. The molecule has 6 nitrogen and oxygen atoms in total. The molecular formula is C14H38IN3O3P2. The first-order valence-corrected chi connectivity index (χ1v) is 14.2. The van der Waals surface area contributed by atoms with Gasteiger partial charge in [0.1, 0.15) is 0 Å². The maximum Gasteiger partial charge on any atom is 0.0431 e. The van der Waals surface area contributed by atoms with Crippen LogP contribution in [0.4, 0.5) is 0 Å². The normalized spacial score (nSPS) is 13.3. The molecule has 9 heteroatoms. The molecule has 0 aromatic carbocycles. The minimum atomic E-state index is 0.250. The third-order valence-corrected chi connectivity index (χ3v) is 2.64. The lowest BCUT2D eigenvalue weighted by Crippen LogP contribution is -2.39. The Morgan fingerprint density at radius 2 is 1.09 bits per heavy atom. The van der Waals surface area contributed by atoms with E-state index in [0.717, 1.165) is 77.2 Å². The summed E-state index contributed by atoms with van der Waals surface area (Å²) in [7, 11) is 2.59. The van der Waals surface area contributed by atoms with Crippen LogP contribution >= 0.6 is 36.9 Å². The molecule has 1 aliphatic heterocycles. The number of halogens is 1. The van der Waals surface area contributed by atoms with E-state index in [9.17, 15) is 0 Å². The fraction of sp³-hybridized carbons (Fsp3) is 1.00. The first-order valence-electron chi connectivity index (χ1n) is 8.25. The third kappa shape index (κ3) is 45.2. The standard InChI is InChI=1S/C5H13NO.C5H12O2.C4H10N2.H3IP2/c2*6-4-2-1-3-5-7;1-2-6-4-3-5-1;1-3-2/h7H,1-6H2;6-7H,1-5H2;5-6H,1-4H2;3H,2H2. The van der Waals surface area contributed by atoms with E-state index in [1.807, 2.05) is 0 Å². The second kappa shape index (κ2) is 34.6. The number of nitrogens with two attached hydrogens (primary N) is 1. The monoisotopic (exact) mass is 485 g/mol. The zero-order valence-corrected chi connectivity index (χ0v) is 18.6. The van der Waals surface area contributed by atoms with Crippen LogP contribution in [0.3, 0.4) is 0 Å². The van der Waals surface area contributed by atoms with E-state index < -0.39 is 0 Å². The molecule has 0 spiro atoms. The summed E-state index contributed by atoms with van der Waals surface area (Å²) in [6, 6.07) is 0. The summed E-state index contributed by atoms with van der Waals surface area (Å²) < 4.78 is 0.